The maximum absolute atomic E-state index is 12.6. The van der Waals surface area contributed by atoms with Crippen LogP contribution < -0.4 is 4.74 Å². The molecule has 0 atom stereocenters. The number of aromatic nitrogens is 2. The van der Waals surface area contributed by atoms with Crippen LogP contribution in [0.1, 0.15) is 54.6 Å². The molecule has 3 heterocycles. The molecule has 0 amide bonds. The molecule has 1 N–H and O–H groups in total. The summed E-state index contributed by atoms with van der Waals surface area (Å²) >= 11 is 11.7. The Bertz CT molecular complexity index is 1540. The van der Waals surface area contributed by atoms with Gasteiger partial charge in [-0.1, -0.05) is 23.2 Å². The Labute approximate surface area is 236 Å². The van der Waals surface area contributed by atoms with Crippen LogP contribution >= 0.6 is 23.2 Å². The molecule has 202 valence electrons. The Kier molecular flexibility index (Phi) is 8.33. The molecular formula is C30H28Cl2N2O5. The molecule has 0 saturated heterocycles. The lowest BCUT2D eigenvalue weighted by Gasteiger charge is -2.07. The predicted octanol–water partition coefficient (Wildman–Crippen LogP) is 6.00. The molecule has 0 spiro atoms. The van der Waals surface area contributed by atoms with Gasteiger partial charge in [0, 0.05) is 52.9 Å². The Morgan fingerprint density at radius 1 is 0.846 bits per heavy atom. The summed E-state index contributed by atoms with van der Waals surface area (Å²) in [4.78, 5) is 35.9. The van der Waals surface area contributed by atoms with Gasteiger partial charge in [0.15, 0.2) is 0 Å². The molecule has 0 radical (unpaired) electrons. The van der Waals surface area contributed by atoms with E-state index in [0.717, 1.165) is 29.0 Å². The molecule has 0 unspecified atom stereocenters. The van der Waals surface area contributed by atoms with Gasteiger partial charge in [-0.3, -0.25) is 14.4 Å². The molecular weight excluding hydrogens is 539 g/mol. The fraction of sp³-hybridized carbons (Fsp3) is 0.233. The van der Waals surface area contributed by atoms with E-state index in [-0.39, 0.29) is 18.0 Å². The van der Waals surface area contributed by atoms with Gasteiger partial charge in [-0.2, -0.15) is 0 Å². The van der Waals surface area contributed by atoms with Crippen LogP contribution in [-0.4, -0.2) is 38.4 Å². The van der Waals surface area contributed by atoms with Gasteiger partial charge in [0.25, 0.3) is 0 Å². The first kappa shape index (κ1) is 28.2. The van der Waals surface area contributed by atoms with Crippen molar-refractivity contribution in [3.05, 3.63) is 110 Å². The summed E-state index contributed by atoms with van der Waals surface area (Å²) in [5, 5.41) is 10.1. The van der Waals surface area contributed by atoms with E-state index < -0.39 is 5.97 Å². The first-order valence-electron chi connectivity index (χ1n) is 12.3. The largest absolute Gasteiger partial charge is 0.491 e. The number of nitrogens with zero attached hydrogens (tertiary/aromatic N) is 2. The van der Waals surface area contributed by atoms with E-state index in [1.54, 1.807) is 73.1 Å². The third kappa shape index (κ3) is 5.79. The van der Waals surface area contributed by atoms with Crippen LogP contribution in [0.3, 0.4) is 0 Å². The monoisotopic (exact) mass is 566 g/mol. The number of aliphatic carboxylic acids is 1. The quantitative estimate of drug-likeness (QED) is 0.289. The van der Waals surface area contributed by atoms with Crippen molar-refractivity contribution in [3.63, 3.8) is 0 Å². The standard InChI is InChI=1S/C15H14ClNO3.C15H14ClNO2/c1-9-7-12(8-13(18)19)17(2)14(9)15(20)10-3-5-11(16)6-4-10;1-9-13(17(2)12-7-8-19-15(9)12)14(18)10-3-5-11(16)6-4-10/h3-7H,8H2,1-2H3,(H,18,19);3-6H,7-8H2,1-2H3. The molecule has 1 aliphatic heterocycles. The number of hydrogen-bond acceptors (Lipinski definition) is 4. The van der Waals surface area contributed by atoms with Crippen LogP contribution in [0.15, 0.2) is 54.6 Å². The summed E-state index contributed by atoms with van der Waals surface area (Å²) in [5.74, 6) is -0.177. The summed E-state index contributed by atoms with van der Waals surface area (Å²) in [6.45, 7) is 4.44. The summed E-state index contributed by atoms with van der Waals surface area (Å²) in [7, 11) is 3.62. The van der Waals surface area contributed by atoms with E-state index in [0.29, 0.717) is 44.9 Å². The number of carbonyl (C=O) groups excluding carboxylic acids is 2. The van der Waals surface area contributed by atoms with E-state index >= 15 is 0 Å². The van der Waals surface area contributed by atoms with Crippen molar-refractivity contribution in [2.45, 2.75) is 26.7 Å². The van der Waals surface area contributed by atoms with Crippen LogP contribution in [0.4, 0.5) is 0 Å². The average Bonchev–Trinajstić information content (AvgIpc) is 3.55. The van der Waals surface area contributed by atoms with Crippen LogP contribution in [0, 0.1) is 13.8 Å². The number of aryl methyl sites for hydroxylation is 1. The highest BCUT2D eigenvalue weighted by molar-refractivity contribution is 6.31. The minimum absolute atomic E-state index is 0.00895. The zero-order valence-corrected chi connectivity index (χ0v) is 23.6. The van der Waals surface area contributed by atoms with Crippen molar-refractivity contribution in [2.75, 3.05) is 6.61 Å². The topological polar surface area (TPSA) is 90.5 Å². The Morgan fingerprint density at radius 3 is 1.85 bits per heavy atom. The van der Waals surface area contributed by atoms with E-state index in [1.165, 1.54) is 0 Å². The SMILES string of the molecule is Cc1c2c(n(C)c1C(=O)c1ccc(Cl)cc1)CCO2.Cc1cc(CC(=O)O)n(C)c1C(=O)c1ccc(Cl)cc1. The number of rotatable bonds is 6. The second kappa shape index (κ2) is 11.5. The first-order chi connectivity index (χ1) is 18.5. The van der Waals surface area contributed by atoms with E-state index in [9.17, 15) is 14.4 Å². The lowest BCUT2D eigenvalue weighted by atomic mass is 10.1. The lowest BCUT2D eigenvalue weighted by molar-refractivity contribution is -0.136. The van der Waals surface area contributed by atoms with Crippen molar-refractivity contribution in [2.24, 2.45) is 14.1 Å². The third-order valence-electron chi connectivity index (χ3n) is 6.78. The highest BCUT2D eigenvalue weighted by Crippen LogP contribution is 2.34. The molecule has 7 nitrogen and oxygen atoms in total. The number of fused-ring (bicyclic) bond motifs is 1. The number of hydrogen-bond donors (Lipinski definition) is 1. The highest BCUT2D eigenvalue weighted by atomic mass is 35.5. The molecule has 0 bridgehead atoms. The van der Waals surface area contributed by atoms with Crippen molar-refractivity contribution in [3.8, 4) is 5.75 Å². The van der Waals surface area contributed by atoms with Crippen LogP contribution in [0.5, 0.6) is 5.75 Å². The molecule has 2 aromatic carbocycles. The number of carbonyl (C=O) groups is 3. The lowest BCUT2D eigenvalue weighted by Crippen LogP contribution is -2.12. The van der Waals surface area contributed by atoms with Crippen molar-refractivity contribution in [1.82, 2.24) is 9.13 Å². The molecule has 39 heavy (non-hydrogen) atoms. The number of carboxylic acid groups (broad SMARTS) is 1. The zero-order chi connectivity index (χ0) is 28.4. The summed E-state index contributed by atoms with van der Waals surface area (Å²) in [6.07, 6.45) is 0.756. The summed E-state index contributed by atoms with van der Waals surface area (Å²) in [5.41, 5.74) is 5.78. The Balaban J connectivity index is 0.000000181. The zero-order valence-electron chi connectivity index (χ0n) is 22.0. The highest BCUT2D eigenvalue weighted by Gasteiger charge is 2.27. The minimum atomic E-state index is -0.920. The second-order valence-corrected chi connectivity index (χ2v) is 10.2. The molecule has 0 aliphatic carbocycles. The van der Waals surface area contributed by atoms with Crippen molar-refractivity contribution < 1.29 is 24.2 Å². The predicted molar refractivity (Wildman–Crippen MR) is 151 cm³/mol. The summed E-state index contributed by atoms with van der Waals surface area (Å²) in [6, 6.07) is 15.3. The number of carboxylic acids is 1. The average molecular weight is 567 g/mol. The van der Waals surface area contributed by atoms with Crippen LogP contribution in [-0.2, 0) is 31.7 Å². The fourth-order valence-corrected chi connectivity index (χ4v) is 5.12. The molecule has 5 rings (SSSR count). The maximum Gasteiger partial charge on any atom is 0.309 e. The minimum Gasteiger partial charge on any atom is -0.491 e. The van der Waals surface area contributed by atoms with Crippen molar-refractivity contribution >= 4 is 40.7 Å². The van der Waals surface area contributed by atoms with Gasteiger partial charge in [-0.25, -0.2) is 0 Å². The van der Waals surface area contributed by atoms with E-state index in [2.05, 4.69) is 0 Å². The first-order valence-corrected chi connectivity index (χ1v) is 13.0. The second-order valence-electron chi connectivity index (χ2n) is 9.38. The van der Waals surface area contributed by atoms with Crippen LogP contribution in [0.25, 0.3) is 0 Å². The molecule has 2 aromatic heterocycles. The number of ketones is 2. The van der Waals surface area contributed by atoms with E-state index in [4.69, 9.17) is 33.0 Å². The normalized spacial score (nSPS) is 11.8. The van der Waals surface area contributed by atoms with Gasteiger partial charge >= 0.3 is 5.97 Å². The van der Waals surface area contributed by atoms with Gasteiger partial charge in [0.05, 0.1) is 30.1 Å². The molecule has 4 aromatic rings. The molecule has 9 heteroatoms. The maximum atomic E-state index is 12.6. The van der Waals surface area contributed by atoms with E-state index in [1.807, 2.05) is 18.5 Å². The van der Waals surface area contributed by atoms with Crippen molar-refractivity contribution in [1.29, 1.82) is 0 Å². The Hall–Kier alpha value is -3.81. The van der Waals surface area contributed by atoms with Crippen LogP contribution in [0.2, 0.25) is 10.0 Å². The molecule has 1 aliphatic rings. The number of halogens is 2. The van der Waals surface area contributed by atoms with Gasteiger partial charge in [-0.15, -0.1) is 0 Å². The van der Waals surface area contributed by atoms with Gasteiger partial charge in [-0.05, 0) is 74.0 Å². The van der Waals surface area contributed by atoms with Gasteiger partial charge in [0.2, 0.25) is 11.6 Å². The third-order valence-corrected chi connectivity index (χ3v) is 7.29. The summed E-state index contributed by atoms with van der Waals surface area (Å²) < 4.78 is 9.19. The fourth-order valence-electron chi connectivity index (χ4n) is 4.86. The smallest absolute Gasteiger partial charge is 0.309 e. The molecule has 0 saturated carbocycles. The number of benzene rings is 2. The Morgan fingerprint density at radius 2 is 1.36 bits per heavy atom. The molecule has 0 fully saturated rings. The van der Waals surface area contributed by atoms with Gasteiger partial charge < -0.3 is 19.0 Å². The van der Waals surface area contributed by atoms with Gasteiger partial charge in [0.1, 0.15) is 5.75 Å². The number of ether oxygens (including phenoxy) is 1.